The summed E-state index contributed by atoms with van der Waals surface area (Å²) in [5.74, 6) is 2.40. The highest BCUT2D eigenvalue weighted by Crippen LogP contribution is 2.42. The van der Waals surface area contributed by atoms with Crippen LogP contribution in [0.25, 0.3) is 0 Å². The highest BCUT2D eigenvalue weighted by atomic mass is 31.1. The Bertz CT molecular complexity index is 158. The van der Waals surface area contributed by atoms with E-state index in [2.05, 4.69) is 41.5 Å². The first-order valence-electron chi connectivity index (χ1n) is 5.98. The van der Waals surface area contributed by atoms with Gasteiger partial charge in [-0.3, -0.25) is 0 Å². The van der Waals surface area contributed by atoms with Gasteiger partial charge in [0.1, 0.15) is 0 Å². The maximum absolute atomic E-state index is 5.98. The second kappa shape index (κ2) is 6.90. The molecule has 0 amide bonds. The average molecular weight is 250 g/mol. The number of rotatable bonds is 3. The van der Waals surface area contributed by atoms with Crippen LogP contribution in [-0.4, -0.2) is 18.0 Å². The summed E-state index contributed by atoms with van der Waals surface area (Å²) in [5, 5.41) is 0. The summed E-state index contributed by atoms with van der Waals surface area (Å²) < 4.78 is 12.0. The van der Waals surface area contributed by atoms with Gasteiger partial charge in [-0.15, -0.1) is 0 Å². The van der Waals surface area contributed by atoms with E-state index in [0.29, 0.717) is 29.4 Å². The number of ether oxygens (including phenoxy) is 2. The minimum atomic E-state index is -0.00829. The van der Waals surface area contributed by atoms with Crippen LogP contribution in [0.15, 0.2) is 0 Å². The predicted molar refractivity (Wildman–Crippen MR) is 72.3 cm³/mol. The highest BCUT2D eigenvalue weighted by Gasteiger charge is 2.34. The van der Waals surface area contributed by atoms with Crippen LogP contribution in [0.4, 0.5) is 0 Å². The van der Waals surface area contributed by atoms with Crippen LogP contribution in [-0.2, 0) is 9.47 Å². The van der Waals surface area contributed by atoms with Crippen molar-refractivity contribution in [1.82, 2.24) is 6.15 Å². The molecule has 98 valence electrons. The fourth-order valence-electron chi connectivity index (χ4n) is 1.57. The quantitative estimate of drug-likeness (QED) is 0.769. The maximum Gasteiger partial charge on any atom is 0.161 e. The van der Waals surface area contributed by atoms with Crippen LogP contribution in [0.3, 0.4) is 0 Å². The van der Waals surface area contributed by atoms with Crippen molar-refractivity contribution in [2.45, 2.75) is 59.5 Å². The van der Waals surface area contributed by atoms with Gasteiger partial charge in [0.2, 0.25) is 0 Å². The van der Waals surface area contributed by atoms with Crippen LogP contribution in [0.5, 0.6) is 0 Å². The fourth-order valence-corrected chi connectivity index (χ4v) is 3.09. The molecule has 0 aromatic rings. The zero-order chi connectivity index (χ0) is 11.6. The third kappa shape index (κ3) is 4.29. The Morgan fingerprint density at radius 1 is 0.750 bits per heavy atom. The van der Waals surface area contributed by atoms with Crippen LogP contribution < -0.4 is 6.15 Å². The standard InChI is InChI=1S/C12H25O2P.H3N/c1-7(2)10-13-11(8(3)4)15-12(14-10)9(5)6;/h7-12,15H,1-6H3;1H3/p+1. The summed E-state index contributed by atoms with van der Waals surface area (Å²) in [6, 6.07) is 0. The van der Waals surface area contributed by atoms with Gasteiger partial charge in [-0.2, -0.15) is 0 Å². The fraction of sp³-hybridized carbons (Fsp3) is 1.00. The van der Waals surface area contributed by atoms with Gasteiger partial charge in [0.25, 0.3) is 0 Å². The molecule has 1 aliphatic heterocycles. The molecule has 2 unspecified atom stereocenters. The summed E-state index contributed by atoms with van der Waals surface area (Å²) in [6.45, 7) is 13.3. The first-order chi connectivity index (χ1) is 6.91. The monoisotopic (exact) mass is 250 g/mol. The van der Waals surface area contributed by atoms with Crippen molar-refractivity contribution in [2.75, 3.05) is 0 Å². The molecule has 0 aromatic heterocycles. The molecule has 0 bridgehead atoms. The van der Waals surface area contributed by atoms with Gasteiger partial charge < -0.3 is 15.6 Å². The highest BCUT2D eigenvalue weighted by molar-refractivity contribution is 7.39. The molecule has 0 aliphatic carbocycles. The Kier molecular flexibility index (Phi) is 7.04. The second-order valence-electron chi connectivity index (χ2n) is 5.38. The van der Waals surface area contributed by atoms with E-state index in [1.807, 2.05) is 0 Å². The molecule has 0 spiro atoms. The van der Waals surface area contributed by atoms with E-state index in [9.17, 15) is 0 Å². The minimum Gasteiger partial charge on any atom is -0.369 e. The van der Waals surface area contributed by atoms with Gasteiger partial charge in [-0.1, -0.05) is 50.1 Å². The van der Waals surface area contributed by atoms with Gasteiger partial charge in [-0.05, 0) is 11.8 Å². The number of quaternary nitrogens is 1. The lowest BCUT2D eigenvalue weighted by Crippen LogP contribution is -2.39. The zero-order valence-corrected chi connectivity index (χ0v) is 12.8. The van der Waals surface area contributed by atoms with Gasteiger partial charge in [0, 0.05) is 5.92 Å². The molecular weight excluding hydrogens is 221 g/mol. The van der Waals surface area contributed by atoms with E-state index in [0.717, 1.165) is 8.58 Å². The van der Waals surface area contributed by atoms with Gasteiger partial charge in [-0.25, -0.2) is 0 Å². The van der Waals surface area contributed by atoms with Gasteiger partial charge >= 0.3 is 0 Å². The van der Waals surface area contributed by atoms with E-state index in [1.54, 1.807) is 0 Å². The zero-order valence-electron chi connectivity index (χ0n) is 11.8. The third-order valence-electron chi connectivity index (χ3n) is 2.65. The molecule has 16 heavy (non-hydrogen) atoms. The molecule has 1 aliphatic rings. The summed E-state index contributed by atoms with van der Waals surface area (Å²) in [7, 11) is 0.779. The molecule has 1 rings (SSSR count). The van der Waals surface area contributed by atoms with Crippen LogP contribution >= 0.6 is 8.58 Å². The molecule has 1 saturated heterocycles. The van der Waals surface area contributed by atoms with Gasteiger partial charge in [0.15, 0.2) is 6.29 Å². The Morgan fingerprint density at radius 3 is 1.38 bits per heavy atom. The lowest BCUT2D eigenvalue weighted by Gasteiger charge is -2.40. The average Bonchev–Trinajstić information content (AvgIpc) is 2.16. The Labute approximate surface area is 102 Å². The van der Waals surface area contributed by atoms with Crippen LogP contribution in [0, 0.1) is 17.8 Å². The molecule has 4 N–H and O–H groups in total. The van der Waals surface area contributed by atoms with Crippen molar-refractivity contribution < 1.29 is 9.47 Å². The van der Waals surface area contributed by atoms with Crippen molar-refractivity contribution in [3.8, 4) is 0 Å². The lowest BCUT2D eigenvalue weighted by molar-refractivity contribution is -0.209. The largest absolute Gasteiger partial charge is 0.369 e. The molecule has 1 fully saturated rings. The predicted octanol–water partition coefficient (Wildman–Crippen LogP) is 4.03. The van der Waals surface area contributed by atoms with E-state index >= 15 is 0 Å². The van der Waals surface area contributed by atoms with Crippen molar-refractivity contribution in [3.63, 3.8) is 0 Å². The first kappa shape index (κ1) is 16.3. The maximum atomic E-state index is 5.98. The molecule has 0 saturated carbocycles. The Morgan fingerprint density at radius 2 is 1.12 bits per heavy atom. The van der Waals surface area contributed by atoms with E-state index in [1.165, 1.54) is 0 Å². The smallest absolute Gasteiger partial charge is 0.161 e. The van der Waals surface area contributed by atoms with Gasteiger partial charge in [0.05, 0.1) is 11.7 Å². The van der Waals surface area contributed by atoms with E-state index < -0.39 is 0 Å². The molecule has 1 heterocycles. The summed E-state index contributed by atoms with van der Waals surface area (Å²) in [6.07, 6.45) is -0.00829. The normalized spacial score (nSPS) is 32.4. The van der Waals surface area contributed by atoms with Crippen molar-refractivity contribution in [1.29, 1.82) is 0 Å². The number of hydrogen-bond donors (Lipinski definition) is 1. The van der Waals surface area contributed by atoms with Crippen molar-refractivity contribution in [2.24, 2.45) is 17.8 Å². The van der Waals surface area contributed by atoms with E-state index in [-0.39, 0.29) is 12.4 Å². The van der Waals surface area contributed by atoms with E-state index in [4.69, 9.17) is 9.47 Å². The lowest BCUT2D eigenvalue weighted by atomic mass is 10.2. The molecule has 3 nitrogen and oxygen atoms in total. The second-order valence-corrected chi connectivity index (χ2v) is 6.85. The summed E-state index contributed by atoms with van der Waals surface area (Å²) >= 11 is 0. The third-order valence-corrected chi connectivity index (χ3v) is 4.91. The molecule has 2 atom stereocenters. The van der Waals surface area contributed by atoms with Crippen molar-refractivity contribution >= 4 is 8.58 Å². The minimum absolute atomic E-state index is 0. The number of hydrogen-bond acceptors (Lipinski definition) is 2. The SMILES string of the molecule is CC(C)C1OC(C(C)C)PC(C(C)C)O1.[NH4+]. The summed E-state index contributed by atoms with van der Waals surface area (Å²) in [5.41, 5.74) is 0. The van der Waals surface area contributed by atoms with Crippen LogP contribution in [0.1, 0.15) is 41.5 Å². The topological polar surface area (TPSA) is 55.0 Å². The molecule has 0 radical (unpaired) electrons. The van der Waals surface area contributed by atoms with Crippen molar-refractivity contribution in [3.05, 3.63) is 0 Å². The first-order valence-corrected chi connectivity index (χ1v) is 7.14. The molecule has 4 heteroatoms. The molecule has 0 aromatic carbocycles. The summed E-state index contributed by atoms with van der Waals surface area (Å²) in [4.78, 5) is 0. The Balaban J connectivity index is 0.00000225. The van der Waals surface area contributed by atoms with Crippen LogP contribution in [0.2, 0.25) is 0 Å². The molecular formula is C12H29NO2P+. The Hall–Kier alpha value is 0.310.